The molecule has 2 heterocycles. The van der Waals surface area contributed by atoms with Gasteiger partial charge in [-0.2, -0.15) is 5.10 Å². The van der Waals surface area contributed by atoms with Crippen molar-refractivity contribution in [1.82, 2.24) is 4.57 Å². The van der Waals surface area contributed by atoms with Gasteiger partial charge in [-0.1, -0.05) is 67.8 Å². The van der Waals surface area contributed by atoms with Crippen LogP contribution in [0.15, 0.2) is 85.5 Å². The molecule has 2 aromatic carbocycles. The first-order valence-corrected chi connectivity index (χ1v) is 11.5. The Kier molecular flexibility index (Phi) is 5.63. The van der Waals surface area contributed by atoms with E-state index in [1.165, 1.54) is 30.6 Å². The van der Waals surface area contributed by atoms with E-state index in [1.54, 1.807) is 6.21 Å². The Bertz CT molecular complexity index is 1340. The summed E-state index contributed by atoms with van der Waals surface area (Å²) in [5, 5.41) is 11.8. The van der Waals surface area contributed by atoms with Crippen LogP contribution in [0.25, 0.3) is 22.2 Å². The summed E-state index contributed by atoms with van der Waals surface area (Å²) in [4.78, 5) is 13.6. The van der Waals surface area contributed by atoms with Gasteiger partial charge in [0.25, 0.3) is 0 Å². The Balaban J connectivity index is 1.63. The lowest BCUT2D eigenvalue weighted by atomic mass is 9.95. The van der Waals surface area contributed by atoms with E-state index in [2.05, 4.69) is 14.8 Å². The summed E-state index contributed by atoms with van der Waals surface area (Å²) < 4.78 is 7.81. The van der Waals surface area contributed by atoms with Crippen molar-refractivity contribution < 1.29 is 4.42 Å². The van der Waals surface area contributed by atoms with E-state index < -0.39 is 0 Å². The minimum Gasteiger partial charge on any atom is -0.422 e. The SMILES string of the molecule is O=c1oc2ccccc2cc1-c1csc(=NN=Cc2ccccc2)n1C1CCCCC1. The lowest BCUT2D eigenvalue weighted by molar-refractivity contribution is 0.350. The molecule has 156 valence electrons. The van der Waals surface area contributed by atoms with E-state index in [0.29, 0.717) is 17.2 Å². The Morgan fingerprint density at radius 3 is 2.61 bits per heavy atom. The second kappa shape index (κ2) is 8.86. The summed E-state index contributed by atoms with van der Waals surface area (Å²) in [6, 6.07) is 19.8. The maximum Gasteiger partial charge on any atom is 0.345 e. The molecule has 0 N–H and O–H groups in total. The van der Waals surface area contributed by atoms with Crippen molar-refractivity contribution in [2.75, 3.05) is 0 Å². The Morgan fingerprint density at radius 2 is 1.77 bits per heavy atom. The van der Waals surface area contributed by atoms with Crippen molar-refractivity contribution in [2.45, 2.75) is 38.1 Å². The number of aromatic nitrogens is 1. The third-order valence-electron chi connectivity index (χ3n) is 5.75. The number of thiazole rings is 1. The molecule has 0 saturated heterocycles. The first-order valence-electron chi connectivity index (χ1n) is 10.6. The van der Waals surface area contributed by atoms with Gasteiger partial charge < -0.3 is 8.98 Å². The predicted octanol–water partition coefficient (Wildman–Crippen LogP) is 5.76. The summed E-state index contributed by atoms with van der Waals surface area (Å²) in [6.07, 6.45) is 7.55. The summed E-state index contributed by atoms with van der Waals surface area (Å²) in [7, 11) is 0. The van der Waals surface area contributed by atoms with Crippen molar-refractivity contribution in [2.24, 2.45) is 10.2 Å². The maximum absolute atomic E-state index is 12.8. The van der Waals surface area contributed by atoms with Gasteiger partial charge in [0.1, 0.15) is 5.58 Å². The molecule has 0 atom stereocenters. The molecule has 5 nitrogen and oxygen atoms in total. The minimum atomic E-state index is -0.319. The zero-order valence-electron chi connectivity index (χ0n) is 17.1. The van der Waals surface area contributed by atoms with Gasteiger partial charge in [0, 0.05) is 16.8 Å². The van der Waals surface area contributed by atoms with Gasteiger partial charge in [-0.15, -0.1) is 16.4 Å². The molecule has 0 aliphatic heterocycles. The first kappa shape index (κ1) is 19.7. The number of hydrogen-bond acceptors (Lipinski definition) is 5. The molecule has 0 spiro atoms. The number of nitrogens with zero attached hydrogens (tertiary/aromatic N) is 3. The smallest absolute Gasteiger partial charge is 0.345 e. The second-order valence-electron chi connectivity index (χ2n) is 7.81. The first-order chi connectivity index (χ1) is 15.3. The van der Waals surface area contributed by atoms with Crippen LogP contribution in [0.1, 0.15) is 43.7 Å². The maximum atomic E-state index is 12.8. The van der Waals surface area contributed by atoms with Crippen LogP contribution in [0.4, 0.5) is 0 Å². The molecule has 0 bridgehead atoms. The van der Waals surface area contributed by atoms with Crippen molar-refractivity contribution in [3.05, 3.63) is 86.8 Å². The molecule has 1 aliphatic carbocycles. The summed E-state index contributed by atoms with van der Waals surface area (Å²) >= 11 is 1.52. The lowest BCUT2D eigenvalue weighted by Crippen LogP contribution is -2.24. The van der Waals surface area contributed by atoms with E-state index in [9.17, 15) is 4.79 Å². The number of rotatable bonds is 4. The zero-order chi connectivity index (χ0) is 21.0. The highest BCUT2D eigenvalue weighted by molar-refractivity contribution is 7.07. The molecule has 6 heteroatoms. The van der Waals surface area contributed by atoms with Gasteiger partial charge in [0.05, 0.1) is 17.5 Å². The highest BCUT2D eigenvalue weighted by Gasteiger charge is 2.22. The molecule has 0 unspecified atom stereocenters. The molecule has 31 heavy (non-hydrogen) atoms. The summed E-state index contributed by atoms with van der Waals surface area (Å²) in [5.41, 5.74) is 2.73. The quantitative estimate of drug-likeness (QED) is 0.235. The van der Waals surface area contributed by atoms with Crippen molar-refractivity contribution >= 4 is 28.5 Å². The van der Waals surface area contributed by atoms with Gasteiger partial charge in [0.2, 0.25) is 4.80 Å². The standard InChI is InChI=1S/C25H23N3O2S/c29-24-21(15-19-11-7-8-14-23(19)30-24)22-17-31-25(28(22)20-12-5-2-6-13-20)27-26-16-18-9-3-1-4-10-18/h1,3-4,7-11,14-17,20H,2,5-6,12-13H2. The Labute approximate surface area is 184 Å². The molecule has 1 saturated carbocycles. The van der Waals surface area contributed by atoms with Gasteiger partial charge in [0.15, 0.2) is 0 Å². The molecule has 5 rings (SSSR count). The topological polar surface area (TPSA) is 59.9 Å². The van der Waals surface area contributed by atoms with Gasteiger partial charge in [-0.25, -0.2) is 4.79 Å². The minimum absolute atomic E-state index is 0.312. The van der Waals surface area contributed by atoms with E-state index >= 15 is 0 Å². The van der Waals surface area contributed by atoms with Crippen molar-refractivity contribution in [3.8, 4) is 11.3 Å². The molecule has 0 amide bonds. The second-order valence-corrected chi connectivity index (χ2v) is 8.64. The summed E-state index contributed by atoms with van der Waals surface area (Å²) in [5.74, 6) is 0. The van der Waals surface area contributed by atoms with E-state index in [0.717, 1.165) is 34.3 Å². The molecule has 1 aliphatic rings. The highest BCUT2D eigenvalue weighted by Crippen LogP contribution is 2.32. The van der Waals surface area contributed by atoms with Crippen LogP contribution < -0.4 is 10.4 Å². The number of fused-ring (bicyclic) bond motifs is 1. The number of hydrogen-bond donors (Lipinski definition) is 0. The third kappa shape index (κ3) is 4.16. The van der Waals surface area contributed by atoms with Crippen LogP contribution in [0.2, 0.25) is 0 Å². The molecular weight excluding hydrogens is 406 g/mol. The van der Waals surface area contributed by atoms with Crippen LogP contribution in [-0.4, -0.2) is 10.8 Å². The fraction of sp³-hybridized carbons (Fsp3) is 0.240. The van der Waals surface area contributed by atoms with Crippen LogP contribution in [0.3, 0.4) is 0 Å². The largest absolute Gasteiger partial charge is 0.422 e. The number of para-hydroxylation sites is 1. The van der Waals surface area contributed by atoms with E-state index in [-0.39, 0.29) is 5.63 Å². The molecule has 0 radical (unpaired) electrons. The zero-order valence-corrected chi connectivity index (χ0v) is 17.9. The van der Waals surface area contributed by atoms with Crippen LogP contribution in [0.5, 0.6) is 0 Å². The Hall–Kier alpha value is -3.25. The average Bonchev–Trinajstić information content (AvgIpc) is 3.23. The fourth-order valence-corrected chi connectivity index (χ4v) is 5.12. The van der Waals surface area contributed by atoms with Crippen molar-refractivity contribution in [3.63, 3.8) is 0 Å². The third-order valence-corrected chi connectivity index (χ3v) is 6.58. The predicted molar refractivity (Wildman–Crippen MR) is 126 cm³/mol. The van der Waals surface area contributed by atoms with Crippen molar-refractivity contribution in [1.29, 1.82) is 0 Å². The number of benzene rings is 2. The molecular formula is C25H23N3O2S. The Morgan fingerprint density at radius 1 is 1.00 bits per heavy atom. The van der Waals surface area contributed by atoms with Crippen LogP contribution in [0, 0.1) is 0 Å². The molecule has 2 aromatic heterocycles. The van der Waals surface area contributed by atoms with Gasteiger partial charge >= 0.3 is 5.63 Å². The van der Waals surface area contributed by atoms with Crippen LogP contribution >= 0.6 is 11.3 Å². The molecule has 1 fully saturated rings. The van der Waals surface area contributed by atoms with Gasteiger partial charge in [-0.05, 0) is 30.5 Å². The summed E-state index contributed by atoms with van der Waals surface area (Å²) in [6.45, 7) is 0. The lowest BCUT2D eigenvalue weighted by Gasteiger charge is -2.24. The van der Waals surface area contributed by atoms with Gasteiger partial charge in [-0.3, -0.25) is 0 Å². The molecule has 4 aromatic rings. The van der Waals surface area contributed by atoms with Crippen LogP contribution in [-0.2, 0) is 0 Å². The van der Waals surface area contributed by atoms with E-state index in [1.807, 2.05) is 66.0 Å². The normalized spacial score (nSPS) is 15.8. The van der Waals surface area contributed by atoms with E-state index in [4.69, 9.17) is 4.42 Å². The fourth-order valence-electron chi connectivity index (χ4n) is 4.21. The highest BCUT2D eigenvalue weighted by atomic mass is 32.1. The monoisotopic (exact) mass is 429 g/mol. The average molecular weight is 430 g/mol.